The molecule has 2 aromatic rings. The van der Waals surface area contributed by atoms with Crippen LogP contribution in [0.5, 0.6) is 0 Å². The van der Waals surface area contributed by atoms with E-state index in [0.29, 0.717) is 26.3 Å². The Labute approximate surface area is 148 Å². The molecule has 1 aliphatic rings. The highest BCUT2D eigenvalue weighted by Crippen LogP contribution is 2.30. The minimum atomic E-state index is -0.110. The van der Waals surface area contributed by atoms with E-state index in [0.717, 1.165) is 17.0 Å². The van der Waals surface area contributed by atoms with E-state index in [4.69, 9.17) is 14.6 Å². The number of aromatic nitrogens is 2. The second-order valence-electron chi connectivity index (χ2n) is 6.34. The maximum Gasteiger partial charge on any atom is 0.249 e. The van der Waals surface area contributed by atoms with Crippen LogP contribution in [0.3, 0.4) is 0 Å². The normalized spacial score (nSPS) is 17.7. The topological polar surface area (TPSA) is 56.6 Å². The van der Waals surface area contributed by atoms with E-state index < -0.39 is 0 Å². The van der Waals surface area contributed by atoms with Crippen LogP contribution >= 0.6 is 0 Å². The third-order valence-electron chi connectivity index (χ3n) is 4.66. The minimum absolute atomic E-state index is 0.00888. The Bertz CT molecular complexity index is 727. The van der Waals surface area contributed by atoms with Crippen LogP contribution in [0.15, 0.2) is 30.3 Å². The summed E-state index contributed by atoms with van der Waals surface area (Å²) in [6, 6.07) is 10.1. The summed E-state index contributed by atoms with van der Waals surface area (Å²) in [6.07, 6.45) is 0. The summed E-state index contributed by atoms with van der Waals surface area (Å²) in [6.45, 7) is 6.50. The Kier molecular flexibility index (Phi) is 5.50. The van der Waals surface area contributed by atoms with E-state index >= 15 is 0 Å². The molecule has 0 N–H and O–H groups in total. The van der Waals surface area contributed by atoms with Gasteiger partial charge >= 0.3 is 0 Å². The van der Waals surface area contributed by atoms with Gasteiger partial charge in [-0.2, -0.15) is 5.10 Å². The molecule has 1 unspecified atom stereocenters. The maximum absolute atomic E-state index is 12.4. The lowest BCUT2D eigenvalue weighted by Crippen LogP contribution is -2.45. The zero-order chi connectivity index (χ0) is 17.8. The van der Waals surface area contributed by atoms with Crippen molar-refractivity contribution in [1.82, 2.24) is 14.7 Å². The van der Waals surface area contributed by atoms with Gasteiger partial charge in [0.05, 0.1) is 31.5 Å². The number of nitrogens with zero attached hydrogens (tertiary/aromatic N) is 3. The molecule has 1 saturated heterocycles. The Hall–Kier alpha value is -2.18. The lowest BCUT2D eigenvalue weighted by molar-refractivity contribution is -0.144. The van der Waals surface area contributed by atoms with Crippen LogP contribution in [0.4, 0.5) is 0 Å². The number of morpholine rings is 1. The van der Waals surface area contributed by atoms with Gasteiger partial charge in [0.25, 0.3) is 0 Å². The molecular formula is C19H25N3O3. The Morgan fingerprint density at radius 1 is 1.32 bits per heavy atom. The summed E-state index contributed by atoms with van der Waals surface area (Å²) in [5.74, 6) is -0.00888. The van der Waals surface area contributed by atoms with Crippen LogP contribution in [0.1, 0.15) is 28.6 Å². The molecule has 1 fully saturated rings. The molecule has 6 heteroatoms. The Balaban J connectivity index is 1.89. The van der Waals surface area contributed by atoms with Crippen LogP contribution in [0.25, 0.3) is 0 Å². The first-order chi connectivity index (χ1) is 12.1. The van der Waals surface area contributed by atoms with Crippen LogP contribution < -0.4 is 0 Å². The Morgan fingerprint density at radius 2 is 2.08 bits per heavy atom. The van der Waals surface area contributed by atoms with E-state index in [9.17, 15) is 4.79 Å². The summed E-state index contributed by atoms with van der Waals surface area (Å²) in [7, 11) is 1.54. The summed E-state index contributed by atoms with van der Waals surface area (Å²) < 4.78 is 12.7. The number of amides is 1. The number of carbonyl (C=O) groups excluding carboxylic acids is 1. The maximum atomic E-state index is 12.4. The second kappa shape index (κ2) is 7.80. The van der Waals surface area contributed by atoms with Crippen molar-refractivity contribution < 1.29 is 14.3 Å². The first kappa shape index (κ1) is 17.6. The molecule has 0 spiro atoms. The third kappa shape index (κ3) is 3.75. The molecule has 1 amide bonds. The van der Waals surface area contributed by atoms with Gasteiger partial charge in [0.2, 0.25) is 5.91 Å². The van der Waals surface area contributed by atoms with E-state index in [1.807, 2.05) is 34.7 Å². The molecule has 25 heavy (non-hydrogen) atoms. The molecule has 0 bridgehead atoms. The van der Waals surface area contributed by atoms with E-state index in [2.05, 4.69) is 19.1 Å². The first-order valence-electron chi connectivity index (χ1n) is 8.55. The predicted molar refractivity (Wildman–Crippen MR) is 94.4 cm³/mol. The molecule has 1 aromatic heterocycles. The fourth-order valence-electron chi connectivity index (χ4n) is 3.45. The smallest absolute Gasteiger partial charge is 0.249 e. The van der Waals surface area contributed by atoms with Gasteiger partial charge < -0.3 is 14.4 Å². The largest absolute Gasteiger partial charge is 0.377 e. The van der Waals surface area contributed by atoms with Crippen molar-refractivity contribution in [1.29, 1.82) is 0 Å². The standard InChI is InChI=1S/C19H25N3O3/c1-14-19(17-12-25-10-9-21(17)18(23)13-24-3)15(2)22(20-14)11-16-7-5-4-6-8-16/h4-8,17H,9-13H2,1-3H3. The van der Waals surface area contributed by atoms with Gasteiger partial charge in [0.1, 0.15) is 6.61 Å². The van der Waals surface area contributed by atoms with Gasteiger partial charge in [-0.3, -0.25) is 9.48 Å². The van der Waals surface area contributed by atoms with E-state index in [-0.39, 0.29) is 18.6 Å². The van der Waals surface area contributed by atoms with Crippen molar-refractivity contribution in [3.05, 3.63) is 52.8 Å². The number of hydrogen-bond donors (Lipinski definition) is 0. The van der Waals surface area contributed by atoms with Gasteiger partial charge in [-0.1, -0.05) is 30.3 Å². The minimum Gasteiger partial charge on any atom is -0.377 e. The zero-order valence-electron chi connectivity index (χ0n) is 15.1. The lowest BCUT2D eigenvalue weighted by atomic mass is 10.0. The van der Waals surface area contributed by atoms with Crippen LogP contribution in [-0.2, 0) is 20.8 Å². The summed E-state index contributed by atoms with van der Waals surface area (Å²) >= 11 is 0. The third-order valence-corrected chi connectivity index (χ3v) is 4.66. The number of methoxy groups -OCH3 is 1. The fourth-order valence-corrected chi connectivity index (χ4v) is 3.45. The molecule has 0 saturated carbocycles. The highest BCUT2D eigenvalue weighted by Gasteiger charge is 2.32. The molecule has 0 radical (unpaired) electrons. The van der Waals surface area contributed by atoms with Gasteiger partial charge in [0.15, 0.2) is 0 Å². The number of aryl methyl sites for hydroxylation is 1. The SMILES string of the molecule is COCC(=O)N1CCOCC1c1c(C)nn(Cc2ccccc2)c1C. The molecule has 6 nitrogen and oxygen atoms in total. The zero-order valence-corrected chi connectivity index (χ0v) is 15.1. The van der Waals surface area contributed by atoms with Crippen molar-refractivity contribution >= 4 is 5.91 Å². The first-order valence-corrected chi connectivity index (χ1v) is 8.55. The van der Waals surface area contributed by atoms with Crippen molar-refractivity contribution in [2.75, 3.05) is 33.5 Å². The van der Waals surface area contributed by atoms with Crippen LogP contribution in [-0.4, -0.2) is 54.1 Å². The molecule has 0 aliphatic carbocycles. The van der Waals surface area contributed by atoms with E-state index in [1.165, 1.54) is 5.56 Å². The molecule has 3 rings (SSSR count). The van der Waals surface area contributed by atoms with Gasteiger partial charge in [0, 0.05) is 24.9 Å². The molecule has 1 aromatic carbocycles. The molecular weight excluding hydrogens is 318 g/mol. The van der Waals surface area contributed by atoms with Gasteiger partial charge in [-0.05, 0) is 19.4 Å². The number of ether oxygens (including phenoxy) is 2. The average molecular weight is 343 g/mol. The monoisotopic (exact) mass is 343 g/mol. The Morgan fingerprint density at radius 3 is 2.80 bits per heavy atom. The van der Waals surface area contributed by atoms with Gasteiger partial charge in [-0.15, -0.1) is 0 Å². The van der Waals surface area contributed by atoms with E-state index in [1.54, 1.807) is 7.11 Å². The van der Waals surface area contributed by atoms with Crippen LogP contribution in [0.2, 0.25) is 0 Å². The lowest BCUT2D eigenvalue weighted by Gasteiger charge is -2.36. The average Bonchev–Trinajstić information content (AvgIpc) is 2.89. The summed E-state index contributed by atoms with van der Waals surface area (Å²) in [5, 5.41) is 4.71. The molecule has 134 valence electrons. The van der Waals surface area contributed by atoms with Gasteiger partial charge in [-0.25, -0.2) is 0 Å². The van der Waals surface area contributed by atoms with Crippen molar-refractivity contribution in [2.45, 2.75) is 26.4 Å². The predicted octanol–water partition coefficient (Wildman–Crippen LogP) is 2.09. The van der Waals surface area contributed by atoms with Crippen LogP contribution in [0, 0.1) is 13.8 Å². The molecule has 2 heterocycles. The fraction of sp³-hybridized carbons (Fsp3) is 0.474. The molecule has 1 aliphatic heterocycles. The second-order valence-corrected chi connectivity index (χ2v) is 6.34. The number of benzene rings is 1. The van der Waals surface area contributed by atoms with Crippen molar-refractivity contribution in [3.63, 3.8) is 0 Å². The summed E-state index contributed by atoms with van der Waals surface area (Å²) in [4.78, 5) is 14.3. The number of carbonyl (C=O) groups is 1. The highest BCUT2D eigenvalue weighted by atomic mass is 16.5. The summed E-state index contributed by atoms with van der Waals surface area (Å²) in [5.41, 5.74) is 4.30. The van der Waals surface area contributed by atoms with Crippen molar-refractivity contribution in [3.8, 4) is 0 Å². The quantitative estimate of drug-likeness (QED) is 0.834. The highest BCUT2D eigenvalue weighted by molar-refractivity contribution is 5.78. The number of rotatable bonds is 5. The van der Waals surface area contributed by atoms with Crippen molar-refractivity contribution in [2.24, 2.45) is 0 Å². The molecule has 1 atom stereocenters. The number of hydrogen-bond acceptors (Lipinski definition) is 4.